The van der Waals surface area contributed by atoms with E-state index in [2.05, 4.69) is 34.9 Å². The second-order valence-corrected chi connectivity index (χ2v) is 8.88. The summed E-state index contributed by atoms with van der Waals surface area (Å²) in [5.41, 5.74) is 4.58. The minimum absolute atomic E-state index is 0.0300. The number of allylic oxidation sites excluding steroid dienone is 1. The zero-order valence-corrected chi connectivity index (χ0v) is 19.6. The number of nitrogens with one attached hydrogen (secondary N) is 2. The SMILES string of the molecule is COC(CNC(=O)OCC1c2ccccc2-c2ccccc21)CC(=O)N[C@@H]1C=CC[C@@H](C(=O)O)C1. The lowest BCUT2D eigenvalue weighted by molar-refractivity contribution is -0.142. The van der Waals surface area contributed by atoms with Crippen molar-refractivity contribution in [1.82, 2.24) is 10.6 Å². The number of hydrogen-bond acceptors (Lipinski definition) is 5. The molecule has 0 heterocycles. The quantitative estimate of drug-likeness (QED) is 0.476. The maximum absolute atomic E-state index is 12.4. The zero-order chi connectivity index (χ0) is 24.8. The molecular weight excluding hydrogens is 448 g/mol. The third-order valence-electron chi connectivity index (χ3n) is 6.59. The molecule has 2 amide bonds. The average molecular weight is 479 g/mol. The molecular formula is C27H30N2O6. The molecule has 0 bridgehead atoms. The van der Waals surface area contributed by atoms with Crippen LogP contribution in [-0.2, 0) is 19.1 Å². The first-order valence-corrected chi connectivity index (χ1v) is 11.8. The molecule has 3 atom stereocenters. The summed E-state index contributed by atoms with van der Waals surface area (Å²) in [6.45, 7) is 0.315. The molecule has 0 fully saturated rings. The normalized spacial score (nSPS) is 19.3. The van der Waals surface area contributed by atoms with Crippen molar-refractivity contribution in [3.8, 4) is 11.1 Å². The number of methoxy groups -OCH3 is 1. The van der Waals surface area contributed by atoms with Crippen LogP contribution in [0.15, 0.2) is 60.7 Å². The number of carbonyl (C=O) groups excluding carboxylic acids is 2. The Labute approximate surface area is 204 Å². The molecule has 0 saturated carbocycles. The number of carbonyl (C=O) groups is 3. The molecule has 8 heteroatoms. The Kier molecular flexibility index (Phi) is 7.82. The van der Waals surface area contributed by atoms with Gasteiger partial charge in [-0.1, -0.05) is 60.7 Å². The zero-order valence-electron chi connectivity index (χ0n) is 19.6. The fraction of sp³-hybridized carbons (Fsp3) is 0.370. The largest absolute Gasteiger partial charge is 0.481 e. The first-order valence-electron chi connectivity index (χ1n) is 11.8. The minimum Gasteiger partial charge on any atom is -0.481 e. The van der Waals surface area contributed by atoms with Crippen molar-refractivity contribution < 1.29 is 29.0 Å². The summed E-state index contributed by atoms with van der Waals surface area (Å²) in [5, 5.41) is 14.7. The van der Waals surface area contributed by atoms with Crippen LogP contribution in [0.4, 0.5) is 4.79 Å². The van der Waals surface area contributed by atoms with E-state index >= 15 is 0 Å². The van der Waals surface area contributed by atoms with E-state index in [0.717, 1.165) is 22.3 Å². The van der Waals surface area contributed by atoms with Crippen LogP contribution in [0.3, 0.4) is 0 Å². The van der Waals surface area contributed by atoms with Crippen LogP contribution in [0, 0.1) is 5.92 Å². The molecule has 0 saturated heterocycles. The van der Waals surface area contributed by atoms with E-state index in [0.29, 0.717) is 12.8 Å². The Bertz CT molecular complexity index is 1070. The number of alkyl carbamates (subject to hydrolysis) is 1. The summed E-state index contributed by atoms with van der Waals surface area (Å²) in [7, 11) is 1.47. The number of fused-ring (bicyclic) bond motifs is 3. The Morgan fingerprint density at radius 3 is 2.34 bits per heavy atom. The summed E-state index contributed by atoms with van der Waals surface area (Å²) in [5.74, 6) is -1.67. The Balaban J connectivity index is 1.24. The van der Waals surface area contributed by atoms with Gasteiger partial charge in [-0.05, 0) is 35.1 Å². The minimum atomic E-state index is -0.865. The van der Waals surface area contributed by atoms with E-state index in [9.17, 15) is 19.5 Å². The highest BCUT2D eigenvalue weighted by Gasteiger charge is 2.29. The number of carboxylic acids is 1. The smallest absolute Gasteiger partial charge is 0.407 e. The van der Waals surface area contributed by atoms with E-state index in [4.69, 9.17) is 9.47 Å². The fourth-order valence-electron chi connectivity index (χ4n) is 4.76. The van der Waals surface area contributed by atoms with E-state index in [1.165, 1.54) is 7.11 Å². The van der Waals surface area contributed by atoms with Crippen molar-refractivity contribution in [2.75, 3.05) is 20.3 Å². The third kappa shape index (κ3) is 5.89. The number of rotatable bonds is 9. The van der Waals surface area contributed by atoms with E-state index in [1.54, 1.807) is 6.08 Å². The molecule has 4 rings (SSSR count). The summed E-state index contributed by atoms with van der Waals surface area (Å²) in [6, 6.07) is 15.9. The predicted octanol–water partition coefficient (Wildman–Crippen LogP) is 3.47. The Morgan fingerprint density at radius 1 is 1.06 bits per heavy atom. The molecule has 2 aromatic carbocycles. The monoisotopic (exact) mass is 478 g/mol. The van der Waals surface area contributed by atoms with Crippen molar-refractivity contribution in [3.63, 3.8) is 0 Å². The lowest BCUT2D eigenvalue weighted by Gasteiger charge is -2.24. The third-order valence-corrected chi connectivity index (χ3v) is 6.59. The molecule has 2 aromatic rings. The lowest BCUT2D eigenvalue weighted by Crippen LogP contribution is -2.41. The highest BCUT2D eigenvalue weighted by Crippen LogP contribution is 2.44. The molecule has 8 nitrogen and oxygen atoms in total. The van der Waals surface area contributed by atoms with Crippen molar-refractivity contribution in [2.45, 2.75) is 37.3 Å². The van der Waals surface area contributed by atoms with Crippen molar-refractivity contribution in [3.05, 3.63) is 71.8 Å². The van der Waals surface area contributed by atoms with Crippen molar-refractivity contribution in [2.24, 2.45) is 5.92 Å². The second kappa shape index (κ2) is 11.2. The van der Waals surface area contributed by atoms with Gasteiger partial charge in [0.15, 0.2) is 0 Å². The van der Waals surface area contributed by atoms with Gasteiger partial charge in [-0.25, -0.2) is 4.79 Å². The number of hydrogen-bond donors (Lipinski definition) is 3. The average Bonchev–Trinajstić information content (AvgIpc) is 3.19. The van der Waals surface area contributed by atoms with Gasteiger partial charge in [0.2, 0.25) is 5.91 Å². The van der Waals surface area contributed by atoms with E-state index in [-0.39, 0.29) is 37.4 Å². The summed E-state index contributed by atoms with van der Waals surface area (Å²) >= 11 is 0. The van der Waals surface area contributed by atoms with Crippen LogP contribution in [0.1, 0.15) is 36.3 Å². The van der Waals surface area contributed by atoms with Gasteiger partial charge in [0.25, 0.3) is 0 Å². The van der Waals surface area contributed by atoms with Gasteiger partial charge in [0.1, 0.15) is 6.61 Å². The summed E-state index contributed by atoms with van der Waals surface area (Å²) in [6.07, 6.45) is 3.32. The Hall–Kier alpha value is -3.65. The molecule has 2 aliphatic carbocycles. The molecule has 0 aromatic heterocycles. The van der Waals surface area contributed by atoms with Crippen molar-refractivity contribution >= 4 is 18.0 Å². The molecule has 2 aliphatic rings. The van der Waals surface area contributed by atoms with Gasteiger partial charge in [0.05, 0.1) is 18.4 Å². The maximum atomic E-state index is 12.4. The molecule has 0 radical (unpaired) electrons. The first-order chi connectivity index (χ1) is 17.0. The first kappa shape index (κ1) is 24.5. The molecule has 1 unspecified atom stereocenters. The summed E-state index contributed by atoms with van der Waals surface area (Å²) < 4.78 is 10.9. The van der Waals surface area contributed by atoms with Crippen LogP contribution in [-0.4, -0.2) is 55.5 Å². The van der Waals surface area contributed by atoms with Crippen LogP contribution in [0.5, 0.6) is 0 Å². The van der Waals surface area contributed by atoms with Gasteiger partial charge >= 0.3 is 12.1 Å². The number of ether oxygens (including phenoxy) is 2. The van der Waals surface area contributed by atoms with Gasteiger partial charge in [-0.2, -0.15) is 0 Å². The number of benzene rings is 2. The van der Waals surface area contributed by atoms with Gasteiger partial charge < -0.3 is 25.2 Å². The van der Waals surface area contributed by atoms with E-state index < -0.39 is 24.1 Å². The maximum Gasteiger partial charge on any atom is 0.407 e. The van der Waals surface area contributed by atoms with Gasteiger partial charge in [-0.3, -0.25) is 9.59 Å². The topological polar surface area (TPSA) is 114 Å². The Morgan fingerprint density at radius 2 is 1.71 bits per heavy atom. The highest BCUT2D eigenvalue weighted by atomic mass is 16.5. The number of carboxylic acid groups (broad SMARTS) is 1. The summed E-state index contributed by atoms with van der Waals surface area (Å²) in [4.78, 5) is 36.0. The molecule has 35 heavy (non-hydrogen) atoms. The lowest BCUT2D eigenvalue weighted by atomic mass is 9.91. The fourth-order valence-corrected chi connectivity index (χ4v) is 4.76. The second-order valence-electron chi connectivity index (χ2n) is 8.88. The standard InChI is InChI=1S/C27H30N2O6/c1-34-19(14-25(30)29-18-8-6-7-17(13-18)26(31)32)15-28-27(33)35-16-24-22-11-4-2-9-20(22)21-10-3-5-12-23(21)24/h2-6,8-12,17-19,24H,7,13-16H2,1H3,(H,28,33)(H,29,30)(H,31,32)/t17-,18-,19?/m1/s1. The number of aliphatic carboxylic acids is 1. The highest BCUT2D eigenvalue weighted by molar-refractivity contribution is 5.79. The molecule has 3 N–H and O–H groups in total. The van der Waals surface area contributed by atoms with E-state index in [1.807, 2.05) is 30.3 Å². The van der Waals surface area contributed by atoms with Crippen LogP contribution in [0.2, 0.25) is 0 Å². The van der Waals surface area contributed by atoms with Gasteiger partial charge in [0, 0.05) is 25.6 Å². The van der Waals surface area contributed by atoms with Crippen LogP contribution < -0.4 is 10.6 Å². The molecule has 0 spiro atoms. The van der Waals surface area contributed by atoms with Crippen LogP contribution in [0.25, 0.3) is 11.1 Å². The molecule has 184 valence electrons. The number of amides is 2. The molecule has 0 aliphatic heterocycles. The van der Waals surface area contributed by atoms with Gasteiger partial charge in [-0.15, -0.1) is 0 Å². The predicted molar refractivity (Wildman–Crippen MR) is 130 cm³/mol. The van der Waals surface area contributed by atoms with Crippen LogP contribution >= 0.6 is 0 Å². The van der Waals surface area contributed by atoms with Crippen molar-refractivity contribution in [1.29, 1.82) is 0 Å².